The van der Waals surface area contributed by atoms with E-state index in [1.165, 1.54) is 0 Å². The van der Waals surface area contributed by atoms with Crippen molar-refractivity contribution >= 4 is 17.7 Å². The van der Waals surface area contributed by atoms with E-state index in [4.69, 9.17) is 4.74 Å². The number of aryl methyl sites for hydroxylation is 1. The first kappa shape index (κ1) is 23.1. The van der Waals surface area contributed by atoms with Gasteiger partial charge in [0.1, 0.15) is 5.82 Å². The van der Waals surface area contributed by atoms with Crippen LogP contribution < -0.4 is 16.0 Å². The van der Waals surface area contributed by atoms with Crippen LogP contribution in [-0.4, -0.2) is 73.7 Å². The van der Waals surface area contributed by atoms with Crippen LogP contribution in [0.1, 0.15) is 32.8 Å². The van der Waals surface area contributed by atoms with Crippen LogP contribution in [0.4, 0.5) is 5.82 Å². The summed E-state index contributed by atoms with van der Waals surface area (Å²) in [5.41, 5.74) is 1.06. The average Bonchev–Trinajstić information content (AvgIpc) is 2.68. The standard InChI is InChI=1S/C21H36N6O2/c1-5-22-21(25-13-18-15-27(10-11-29-18)14-16(2)3)23-9-8-20(28)26-19-7-6-17(4)12-24-19/h6-7,12,16,18H,5,8-11,13-15H2,1-4H3,(H2,22,23,25)(H,24,26,28). The van der Waals surface area contributed by atoms with Crippen LogP contribution in [0.2, 0.25) is 0 Å². The van der Waals surface area contributed by atoms with E-state index in [0.29, 0.717) is 37.2 Å². The molecule has 1 aromatic rings. The largest absolute Gasteiger partial charge is 0.374 e. The third-order valence-corrected chi connectivity index (χ3v) is 4.47. The molecule has 1 aromatic heterocycles. The summed E-state index contributed by atoms with van der Waals surface area (Å²) in [4.78, 5) is 23.4. The highest BCUT2D eigenvalue weighted by molar-refractivity contribution is 5.90. The van der Waals surface area contributed by atoms with Gasteiger partial charge in [0.15, 0.2) is 5.96 Å². The molecule has 1 fully saturated rings. The Morgan fingerprint density at radius 2 is 2.21 bits per heavy atom. The molecule has 0 bridgehead atoms. The van der Waals surface area contributed by atoms with Crippen LogP contribution in [0.3, 0.4) is 0 Å². The van der Waals surface area contributed by atoms with Gasteiger partial charge in [0, 0.05) is 45.3 Å². The maximum absolute atomic E-state index is 12.1. The van der Waals surface area contributed by atoms with Crippen LogP contribution in [0, 0.1) is 12.8 Å². The minimum Gasteiger partial charge on any atom is -0.374 e. The smallest absolute Gasteiger partial charge is 0.227 e. The van der Waals surface area contributed by atoms with Crippen molar-refractivity contribution in [1.82, 2.24) is 20.5 Å². The molecule has 8 heteroatoms. The van der Waals surface area contributed by atoms with Crippen molar-refractivity contribution in [2.45, 2.75) is 40.2 Å². The van der Waals surface area contributed by atoms with E-state index in [9.17, 15) is 4.79 Å². The number of ether oxygens (including phenoxy) is 1. The van der Waals surface area contributed by atoms with Crippen molar-refractivity contribution in [3.8, 4) is 0 Å². The summed E-state index contributed by atoms with van der Waals surface area (Å²) < 4.78 is 5.86. The molecule has 1 atom stereocenters. The van der Waals surface area contributed by atoms with Gasteiger partial charge in [-0.25, -0.2) is 4.98 Å². The number of pyridine rings is 1. The first-order chi connectivity index (χ1) is 14.0. The molecule has 8 nitrogen and oxygen atoms in total. The van der Waals surface area contributed by atoms with E-state index in [-0.39, 0.29) is 12.0 Å². The van der Waals surface area contributed by atoms with Crippen LogP contribution in [-0.2, 0) is 9.53 Å². The summed E-state index contributed by atoms with van der Waals surface area (Å²) in [6.07, 6.45) is 2.18. The summed E-state index contributed by atoms with van der Waals surface area (Å²) in [6.45, 7) is 14.1. The second-order valence-corrected chi connectivity index (χ2v) is 7.81. The molecule has 1 saturated heterocycles. The van der Waals surface area contributed by atoms with Gasteiger partial charge < -0.3 is 20.7 Å². The van der Waals surface area contributed by atoms with E-state index in [1.807, 2.05) is 19.9 Å². The quantitative estimate of drug-likeness (QED) is 0.428. The van der Waals surface area contributed by atoms with Gasteiger partial charge in [-0.15, -0.1) is 0 Å². The minimum absolute atomic E-state index is 0.0790. The third kappa shape index (κ3) is 9.23. The van der Waals surface area contributed by atoms with E-state index < -0.39 is 0 Å². The van der Waals surface area contributed by atoms with Crippen LogP contribution in [0.15, 0.2) is 23.3 Å². The average molecular weight is 405 g/mol. The number of rotatable bonds is 9. The summed E-state index contributed by atoms with van der Waals surface area (Å²) in [6, 6.07) is 3.73. The molecule has 0 radical (unpaired) electrons. The molecule has 1 aliphatic heterocycles. The SMILES string of the molecule is CCNC(=NCC1CN(CC(C)C)CCO1)NCCC(=O)Nc1ccc(C)cn1. The number of carbonyl (C=O) groups excluding carboxylic acids is 1. The van der Waals surface area contributed by atoms with Gasteiger partial charge in [-0.1, -0.05) is 19.9 Å². The van der Waals surface area contributed by atoms with Crippen molar-refractivity contribution in [2.24, 2.45) is 10.9 Å². The number of nitrogens with one attached hydrogen (secondary N) is 3. The molecule has 162 valence electrons. The number of hydrogen-bond donors (Lipinski definition) is 3. The van der Waals surface area contributed by atoms with Gasteiger partial charge in [0.25, 0.3) is 0 Å². The molecule has 0 saturated carbocycles. The maximum Gasteiger partial charge on any atom is 0.227 e. The van der Waals surface area contributed by atoms with Crippen LogP contribution >= 0.6 is 0 Å². The minimum atomic E-state index is -0.0790. The summed E-state index contributed by atoms with van der Waals surface area (Å²) >= 11 is 0. The Hall–Kier alpha value is -2.19. The van der Waals surface area contributed by atoms with E-state index in [0.717, 1.165) is 38.3 Å². The number of nitrogens with zero attached hydrogens (tertiary/aromatic N) is 3. The van der Waals surface area contributed by atoms with Gasteiger partial charge in [-0.3, -0.25) is 14.7 Å². The number of anilines is 1. The Morgan fingerprint density at radius 3 is 2.90 bits per heavy atom. The molecule has 1 aliphatic rings. The predicted molar refractivity (Wildman–Crippen MR) is 117 cm³/mol. The predicted octanol–water partition coefficient (Wildman–Crippen LogP) is 1.63. The lowest BCUT2D eigenvalue weighted by atomic mass is 10.2. The van der Waals surface area contributed by atoms with E-state index in [2.05, 4.69) is 44.7 Å². The third-order valence-electron chi connectivity index (χ3n) is 4.47. The Bertz CT molecular complexity index is 647. The molecule has 0 spiro atoms. The number of aliphatic imine (C=N–C) groups is 1. The highest BCUT2D eigenvalue weighted by Gasteiger charge is 2.20. The zero-order valence-corrected chi connectivity index (χ0v) is 18.2. The molecular formula is C21H36N6O2. The Kier molecular flexibility index (Phi) is 9.87. The second-order valence-electron chi connectivity index (χ2n) is 7.81. The van der Waals surface area contributed by atoms with Gasteiger partial charge >= 0.3 is 0 Å². The van der Waals surface area contributed by atoms with Gasteiger partial charge in [-0.05, 0) is 31.4 Å². The number of aromatic nitrogens is 1. The van der Waals surface area contributed by atoms with Gasteiger partial charge in [-0.2, -0.15) is 0 Å². The van der Waals surface area contributed by atoms with Crippen molar-refractivity contribution in [3.63, 3.8) is 0 Å². The summed E-state index contributed by atoms with van der Waals surface area (Å²) in [5.74, 6) is 1.85. The van der Waals surface area contributed by atoms with Crippen molar-refractivity contribution in [1.29, 1.82) is 0 Å². The normalized spacial score (nSPS) is 18.0. The number of amides is 1. The molecule has 3 N–H and O–H groups in total. The van der Waals surface area contributed by atoms with Gasteiger partial charge in [0.2, 0.25) is 5.91 Å². The van der Waals surface area contributed by atoms with Crippen molar-refractivity contribution < 1.29 is 9.53 Å². The molecule has 2 rings (SSSR count). The Labute approximate surface area is 174 Å². The highest BCUT2D eigenvalue weighted by Crippen LogP contribution is 2.08. The number of guanidine groups is 1. The zero-order chi connectivity index (χ0) is 21.1. The monoisotopic (exact) mass is 404 g/mol. The fraction of sp³-hybridized carbons (Fsp3) is 0.667. The first-order valence-electron chi connectivity index (χ1n) is 10.5. The first-order valence-corrected chi connectivity index (χ1v) is 10.5. The Morgan fingerprint density at radius 1 is 1.38 bits per heavy atom. The lowest BCUT2D eigenvalue weighted by molar-refractivity contribution is -0.116. The lowest BCUT2D eigenvalue weighted by Gasteiger charge is -2.33. The molecule has 0 aromatic carbocycles. The van der Waals surface area contributed by atoms with E-state index in [1.54, 1.807) is 12.3 Å². The number of morpholine rings is 1. The van der Waals surface area contributed by atoms with Crippen molar-refractivity contribution in [2.75, 3.05) is 51.2 Å². The molecule has 1 unspecified atom stereocenters. The molecule has 0 aliphatic carbocycles. The van der Waals surface area contributed by atoms with Gasteiger partial charge in [0.05, 0.1) is 19.3 Å². The molecular weight excluding hydrogens is 368 g/mol. The van der Waals surface area contributed by atoms with Crippen LogP contribution in [0.5, 0.6) is 0 Å². The van der Waals surface area contributed by atoms with E-state index >= 15 is 0 Å². The number of carbonyl (C=O) groups is 1. The maximum atomic E-state index is 12.1. The zero-order valence-electron chi connectivity index (χ0n) is 18.2. The second kappa shape index (κ2) is 12.4. The fourth-order valence-corrected chi connectivity index (χ4v) is 3.15. The lowest BCUT2D eigenvalue weighted by Crippen LogP contribution is -2.46. The Balaban J connectivity index is 1.75. The van der Waals surface area contributed by atoms with Crippen LogP contribution in [0.25, 0.3) is 0 Å². The highest BCUT2D eigenvalue weighted by atomic mass is 16.5. The molecule has 1 amide bonds. The summed E-state index contributed by atoms with van der Waals surface area (Å²) in [5, 5.41) is 9.24. The summed E-state index contributed by atoms with van der Waals surface area (Å²) in [7, 11) is 0. The molecule has 2 heterocycles. The molecule has 29 heavy (non-hydrogen) atoms. The topological polar surface area (TPSA) is 90.9 Å². The van der Waals surface area contributed by atoms with Crippen molar-refractivity contribution in [3.05, 3.63) is 23.9 Å². The number of hydrogen-bond acceptors (Lipinski definition) is 5. The fourth-order valence-electron chi connectivity index (χ4n) is 3.15.